The minimum atomic E-state index is -0.256. The van der Waals surface area contributed by atoms with Crippen LogP contribution >= 0.6 is 11.6 Å². The molecule has 0 spiro atoms. The normalized spacial score (nSPS) is 11.6. The van der Waals surface area contributed by atoms with Crippen molar-refractivity contribution in [3.05, 3.63) is 52.0 Å². The summed E-state index contributed by atoms with van der Waals surface area (Å²) in [5.74, 6) is 1.02. The van der Waals surface area contributed by atoms with E-state index in [-0.39, 0.29) is 18.4 Å². The van der Waals surface area contributed by atoms with Crippen LogP contribution < -0.4 is 19.5 Å². The maximum atomic E-state index is 12.8. The van der Waals surface area contributed by atoms with Gasteiger partial charge >= 0.3 is 0 Å². The SMILES string of the molecule is COc1cc(C(=O)NCC(CCO)c2ccc(Cl)cc2)c(C)c(OC)c1OC. The number of ether oxygens (including phenoxy) is 3. The summed E-state index contributed by atoms with van der Waals surface area (Å²) in [4.78, 5) is 12.8. The van der Waals surface area contributed by atoms with Crippen molar-refractivity contribution in [2.45, 2.75) is 19.3 Å². The molecule has 6 nitrogen and oxygen atoms in total. The fourth-order valence-corrected chi connectivity index (χ4v) is 3.25. The second kappa shape index (κ2) is 10.2. The van der Waals surface area contributed by atoms with Crippen LogP contribution in [0, 0.1) is 6.92 Å². The molecule has 0 aromatic heterocycles. The molecular formula is C21H26ClNO5. The average Bonchev–Trinajstić information content (AvgIpc) is 2.71. The fourth-order valence-electron chi connectivity index (χ4n) is 3.12. The predicted molar refractivity (Wildman–Crippen MR) is 109 cm³/mol. The van der Waals surface area contributed by atoms with E-state index in [2.05, 4.69) is 5.32 Å². The van der Waals surface area contributed by atoms with Crippen molar-refractivity contribution < 1.29 is 24.1 Å². The van der Waals surface area contributed by atoms with E-state index in [4.69, 9.17) is 25.8 Å². The van der Waals surface area contributed by atoms with Crippen LogP contribution in [0.25, 0.3) is 0 Å². The number of aliphatic hydroxyl groups is 1. The number of benzene rings is 2. The zero-order valence-corrected chi connectivity index (χ0v) is 17.3. The molecule has 1 amide bonds. The molecule has 1 atom stereocenters. The topological polar surface area (TPSA) is 77.0 Å². The van der Waals surface area contributed by atoms with E-state index >= 15 is 0 Å². The Labute approximate surface area is 170 Å². The van der Waals surface area contributed by atoms with Gasteiger partial charge in [0.15, 0.2) is 11.5 Å². The summed E-state index contributed by atoms with van der Waals surface area (Å²) in [7, 11) is 4.54. The Balaban J connectivity index is 2.24. The Hall–Kier alpha value is -2.44. The number of methoxy groups -OCH3 is 3. The number of aliphatic hydroxyl groups excluding tert-OH is 1. The molecule has 2 aromatic carbocycles. The Morgan fingerprint density at radius 2 is 1.75 bits per heavy atom. The van der Waals surface area contributed by atoms with Gasteiger partial charge in [0.05, 0.1) is 21.3 Å². The lowest BCUT2D eigenvalue weighted by molar-refractivity contribution is 0.0947. The van der Waals surface area contributed by atoms with Gasteiger partial charge in [0.2, 0.25) is 5.75 Å². The molecule has 0 saturated carbocycles. The Bertz CT molecular complexity index is 807. The van der Waals surface area contributed by atoms with Crippen molar-refractivity contribution in [1.29, 1.82) is 0 Å². The van der Waals surface area contributed by atoms with E-state index in [0.29, 0.717) is 46.4 Å². The van der Waals surface area contributed by atoms with Crippen LogP contribution in [0.2, 0.25) is 5.02 Å². The summed E-state index contributed by atoms with van der Waals surface area (Å²) in [5, 5.41) is 13.0. The highest BCUT2D eigenvalue weighted by Gasteiger charge is 2.22. The molecule has 2 rings (SSSR count). The average molecular weight is 408 g/mol. The number of hydrogen-bond acceptors (Lipinski definition) is 5. The number of halogens is 1. The molecule has 2 N–H and O–H groups in total. The van der Waals surface area contributed by atoms with E-state index < -0.39 is 0 Å². The lowest BCUT2D eigenvalue weighted by Crippen LogP contribution is -2.29. The van der Waals surface area contributed by atoms with Crippen molar-refractivity contribution in [3.8, 4) is 17.2 Å². The van der Waals surface area contributed by atoms with Crippen LogP contribution in [0.5, 0.6) is 17.2 Å². The van der Waals surface area contributed by atoms with Gasteiger partial charge < -0.3 is 24.6 Å². The third-order valence-corrected chi connectivity index (χ3v) is 4.90. The molecular weight excluding hydrogens is 382 g/mol. The second-order valence-electron chi connectivity index (χ2n) is 6.29. The van der Waals surface area contributed by atoms with E-state index in [0.717, 1.165) is 5.56 Å². The quantitative estimate of drug-likeness (QED) is 0.664. The molecule has 28 heavy (non-hydrogen) atoms. The number of hydrogen-bond donors (Lipinski definition) is 2. The third-order valence-electron chi connectivity index (χ3n) is 4.65. The zero-order valence-electron chi connectivity index (χ0n) is 16.5. The van der Waals surface area contributed by atoms with Crippen LogP contribution in [0.4, 0.5) is 0 Å². The number of nitrogens with one attached hydrogen (secondary N) is 1. The van der Waals surface area contributed by atoms with Crippen LogP contribution in [0.1, 0.15) is 33.8 Å². The van der Waals surface area contributed by atoms with Crippen molar-refractivity contribution in [3.63, 3.8) is 0 Å². The first kappa shape index (κ1) is 21.9. The predicted octanol–water partition coefficient (Wildman–Crippen LogP) is 3.57. The van der Waals surface area contributed by atoms with E-state index in [1.54, 1.807) is 25.1 Å². The van der Waals surface area contributed by atoms with Crippen molar-refractivity contribution in [2.75, 3.05) is 34.5 Å². The van der Waals surface area contributed by atoms with Gasteiger partial charge in [-0.05, 0) is 37.1 Å². The largest absolute Gasteiger partial charge is 0.493 e. The van der Waals surface area contributed by atoms with Crippen LogP contribution in [-0.2, 0) is 0 Å². The van der Waals surface area contributed by atoms with Crippen LogP contribution in [0.15, 0.2) is 30.3 Å². The molecule has 0 radical (unpaired) electrons. The minimum Gasteiger partial charge on any atom is -0.493 e. The summed E-state index contributed by atoms with van der Waals surface area (Å²) >= 11 is 5.95. The highest BCUT2D eigenvalue weighted by molar-refractivity contribution is 6.30. The lowest BCUT2D eigenvalue weighted by Gasteiger charge is -2.20. The maximum absolute atomic E-state index is 12.8. The van der Waals surface area contributed by atoms with Gasteiger partial charge in [-0.1, -0.05) is 23.7 Å². The van der Waals surface area contributed by atoms with Gasteiger partial charge in [0.25, 0.3) is 5.91 Å². The molecule has 0 aliphatic heterocycles. The second-order valence-corrected chi connectivity index (χ2v) is 6.73. The van der Waals surface area contributed by atoms with E-state index in [9.17, 15) is 9.90 Å². The molecule has 0 bridgehead atoms. The summed E-state index contributed by atoms with van der Waals surface area (Å²) in [5.41, 5.74) is 2.09. The number of carbonyl (C=O) groups is 1. The number of rotatable bonds is 9. The molecule has 7 heteroatoms. The van der Waals surface area contributed by atoms with Crippen molar-refractivity contribution in [2.24, 2.45) is 0 Å². The van der Waals surface area contributed by atoms with Crippen LogP contribution in [0.3, 0.4) is 0 Å². The van der Waals surface area contributed by atoms with Gasteiger partial charge in [0, 0.05) is 35.2 Å². The molecule has 0 saturated heterocycles. The van der Waals surface area contributed by atoms with Gasteiger partial charge in [-0.3, -0.25) is 4.79 Å². The van der Waals surface area contributed by atoms with Gasteiger partial charge in [-0.15, -0.1) is 0 Å². The first-order chi connectivity index (χ1) is 13.5. The lowest BCUT2D eigenvalue weighted by atomic mass is 9.95. The van der Waals surface area contributed by atoms with Crippen molar-refractivity contribution in [1.82, 2.24) is 5.32 Å². The molecule has 0 fully saturated rings. The Morgan fingerprint density at radius 3 is 2.29 bits per heavy atom. The monoisotopic (exact) mass is 407 g/mol. The van der Waals surface area contributed by atoms with Gasteiger partial charge in [-0.2, -0.15) is 0 Å². The molecule has 0 heterocycles. The summed E-state index contributed by atoms with van der Waals surface area (Å²) < 4.78 is 16.1. The van der Waals surface area contributed by atoms with E-state index in [1.165, 1.54) is 21.3 Å². The van der Waals surface area contributed by atoms with E-state index in [1.807, 2.05) is 12.1 Å². The fraction of sp³-hybridized carbons (Fsp3) is 0.381. The molecule has 152 valence electrons. The first-order valence-corrected chi connectivity index (χ1v) is 9.28. The Morgan fingerprint density at radius 1 is 1.11 bits per heavy atom. The minimum absolute atomic E-state index is 0.0202. The highest BCUT2D eigenvalue weighted by Crippen LogP contribution is 2.41. The number of amides is 1. The molecule has 0 aliphatic rings. The molecule has 1 unspecified atom stereocenters. The maximum Gasteiger partial charge on any atom is 0.251 e. The summed E-state index contributed by atoms with van der Waals surface area (Å²) in [6.07, 6.45) is 0.524. The smallest absolute Gasteiger partial charge is 0.251 e. The van der Waals surface area contributed by atoms with Gasteiger partial charge in [0.1, 0.15) is 0 Å². The van der Waals surface area contributed by atoms with Crippen LogP contribution in [-0.4, -0.2) is 45.5 Å². The molecule has 0 aliphatic carbocycles. The standard InChI is InChI=1S/C21H26ClNO5/c1-13-17(11-18(26-2)20(28-4)19(13)27-3)21(25)23-12-15(9-10-24)14-5-7-16(22)8-6-14/h5-8,11,15,24H,9-10,12H2,1-4H3,(H,23,25). The third kappa shape index (κ3) is 4.88. The summed E-state index contributed by atoms with van der Waals surface area (Å²) in [6, 6.07) is 9.03. The molecule has 2 aromatic rings. The Kier molecular flexibility index (Phi) is 7.96. The van der Waals surface area contributed by atoms with Gasteiger partial charge in [-0.25, -0.2) is 0 Å². The van der Waals surface area contributed by atoms with Crippen molar-refractivity contribution >= 4 is 17.5 Å². The number of carbonyl (C=O) groups excluding carboxylic acids is 1. The zero-order chi connectivity index (χ0) is 20.7. The highest BCUT2D eigenvalue weighted by atomic mass is 35.5. The summed E-state index contributed by atoms with van der Waals surface area (Å²) in [6.45, 7) is 2.18. The first-order valence-electron chi connectivity index (χ1n) is 8.90.